The van der Waals surface area contributed by atoms with Crippen molar-refractivity contribution in [3.05, 3.63) is 0 Å². The van der Waals surface area contributed by atoms with Crippen molar-refractivity contribution in [2.24, 2.45) is 23.2 Å². The molecule has 3 rings (SSSR count). The summed E-state index contributed by atoms with van der Waals surface area (Å²) in [6.45, 7) is 15.9. The minimum atomic E-state index is -2.05. The molecule has 25 heavy (non-hydrogen) atoms. The van der Waals surface area contributed by atoms with Gasteiger partial charge >= 0.3 is 0 Å². The monoisotopic (exact) mass is 366 g/mol. The lowest BCUT2D eigenvalue weighted by molar-refractivity contribution is -0.165. The predicted octanol–water partition coefficient (Wildman–Crippen LogP) is 6.49. The second kappa shape index (κ2) is 6.63. The van der Waals surface area contributed by atoms with Crippen molar-refractivity contribution in [3.63, 3.8) is 0 Å². The molecule has 0 heterocycles. The highest BCUT2D eigenvalue weighted by Gasteiger charge is 2.61. The van der Waals surface area contributed by atoms with Crippen LogP contribution < -0.4 is 0 Å². The van der Waals surface area contributed by atoms with Crippen LogP contribution in [0.15, 0.2) is 0 Å². The average Bonchev–Trinajstić information content (AvgIpc) is 3.14. The van der Waals surface area contributed by atoms with Crippen LogP contribution in [0.1, 0.15) is 93.4 Å². The molecule has 3 aliphatic carbocycles. The molecule has 3 aliphatic rings. The van der Waals surface area contributed by atoms with E-state index in [0.29, 0.717) is 22.0 Å². The third kappa shape index (κ3) is 3.16. The molecule has 0 amide bonds. The molecule has 0 aromatic rings. The van der Waals surface area contributed by atoms with Crippen molar-refractivity contribution >= 4 is 8.32 Å². The molecule has 0 aromatic carbocycles. The van der Waals surface area contributed by atoms with Gasteiger partial charge in [-0.3, -0.25) is 0 Å². The predicted molar refractivity (Wildman–Crippen MR) is 108 cm³/mol. The number of fused-ring (bicyclic) bond motifs is 5. The van der Waals surface area contributed by atoms with E-state index in [1.165, 1.54) is 38.5 Å². The average molecular weight is 367 g/mol. The molecule has 3 fully saturated rings. The summed E-state index contributed by atoms with van der Waals surface area (Å²) in [5.41, 5.74) is 1.95. The summed E-state index contributed by atoms with van der Waals surface area (Å²) in [7, 11) is -2.05. The van der Waals surface area contributed by atoms with E-state index in [1.54, 1.807) is 0 Å². The van der Waals surface area contributed by atoms with E-state index < -0.39 is 14.1 Å². The van der Waals surface area contributed by atoms with Crippen LogP contribution in [0.25, 0.3) is 0 Å². The van der Waals surface area contributed by atoms with Gasteiger partial charge in [-0.15, -0.1) is 0 Å². The van der Waals surface area contributed by atoms with E-state index in [2.05, 4.69) is 41.5 Å². The largest absolute Gasteiger partial charge is 0.389 e. The van der Waals surface area contributed by atoms with E-state index >= 15 is 0 Å². The van der Waals surface area contributed by atoms with Gasteiger partial charge in [0.2, 0.25) is 8.32 Å². The Bertz CT molecular complexity index is 463. The lowest BCUT2D eigenvalue weighted by Gasteiger charge is -2.49. The summed E-state index contributed by atoms with van der Waals surface area (Å²) in [5, 5.41) is 11.5. The van der Waals surface area contributed by atoms with Crippen molar-refractivity contribution in [3.8, 4) is 0 Å². The van der Waals surface area contributed by atoms with Crippen LogP contribution in [0, 0.1) is 23.2 Å². The zero-order chi connectivity index (χ0) is 18.6. The maximum Gasteiger partial charge on any atom is 0.204 e. The zero-order valence-electron chi connectivity index (χ0n) is 17.8. The standard InChI is InChI=1S/C22H42O2Si/c1-15(2)25(16(3)4,17(5)6)24-21(7,23)14-22-12-11-18(13-22)19-9-8-10-20(19)22/h15-20,23H,8-14H2,1-7H3. The summed E-state index contributed by atoms with van der Waals surface area (Å²) in [4.78, 5) is 0. The fourth-order valence-corrected chi connectivity index (χ4v) is 13.5. The smallest absolute Gasteiger partial charge is 0.204 e. The summed E-state index contributed by atoms with van der Waals surface area (Å²) in [6.07, 6.45) is 9.23. The highest BCUT2D eigenvalue weighted by atomic mass is 28.4. The van der Waals surface area contributed by atoms with Crippen LogP contribution in [0.2, 0.25) is 16.6 Å². The first-order chi connectivity index (χ1) is 11.5. The van der Waals surface area contributed by atoms with Crippen LogP contribution in [0.4, 0.5) is 0 Å². The summed E-state index contributed by atoms with van der Waals surface area (Å²) in [5.74, 6) is 1.82. The summed E-state index contributed by atoms with van der Waals surface area (Å²) in [6, 6.07) is 0. The normalized spacial score (nSPS) is 37.3. The Kier molecular flexibility index (Phi) is 5.28. The molecule has 1 N–H and O–H groups in total. The Balaban J connectivity index is 1.81. The van der Waals surface area contributed by atoms with Crippen LogP contribution >= 0.6 is 0 Å². The van der Waals surface area contributed by atoms with Crippen molar-refractivity contribution in [1.29, 1.82) is 0 Å². The molecule has 5 unspecified atom stereocenters. The molecule has 5 atom stereocenters. The molecule has 0 radical (unpaired) electrons. The van der Waals surface area contributed by atoms with Gasteiger partial charge in [0.15, 0.2) is 5.79 Å². The Hall–Kier alpha value is 0.137. The molecule has 3 saturated carbocycles. The molecule has 3 heteroatoms. The fourth-order valence-electron chi connectivity index (χ4n) is 7.93. The number of hydrogen-bond donors (Lipinski definition) is 1. The number of aliphatic hydroxyl groups is 1. The molecule has 0 aromatic heterocycles. The third-order valence-electron chi connectivity index (χ3n) is 8.43. The van der Waals surface area contributed by atoms with Crippen molar-refractivity contribution in [2.45, 2.75) is 116 Å². The van der Waals surface area contributed by atoms with Crippen molar-refractivity contribution in [1.82, 2.24) is 0 Å². The van der Waals surface area contributed by atoms with E-state index in [9.17, 15) is 5.11 Å². The topological polar surface area (TPSA) is 29.5 Å². The number of rotatable bonds is 7. The second-order valence-corrected chi connectivity index (χ2v) is 16.2. The summed E-state index contributed by atoms with van der Waals surface area (Å²) < 4.78 is 6.86. The minimum absolute atomic E-state index is 0.375. The van der Waals surface area contributed by atoms with Gasteiger partial charge < -0.3 is 9.53 Å². The van der Waals surface area contributed by atoms with E-state index in [-0.39, 0.29) is 0 Å². The first-order valence-corrected chi connectivity index (χ1v) is 13.1. The lowest BCUT2D eigenvalue weighted by Crippen LogP contribution is -2.55. The highest BCUT2D eigenvalue weighted by Crippen LogP contribution is 2.68. The molecule has 2 bridgehead atoms. The third-order valence-corrected chi connectivity index (χ3v) is 14.6. The van der Waals surface area contributed by atoms with Crippen LogP contribution in [0.3, 0.4) is 0 Å². The van der Waals surface area contributed by atoms with Gasteiger partial charge in [0, 0.05) is 6.42 Å². The number of hydrogen-bond acceptors (Lipinski definition) is 2. The Morgan fingerprint density at radius 2 is 1.64 bits per heavy atom. The molecule has 0 spiro atoms. The highest BCUT2D eigenvalue weighted by molar-refractivity contribution is 6.77. The first kappa shape index (κ1) is 19.9. The van der Waals surface area contributed by atoms with Crippen molar-refractivity contribution in [2.75, 3.05) is 0 Å². The Labute approximate surface area is 157 Å². The fraction of sp³-hybridized carbons (Fsp3) is 1.00. The Morgan fingerprint density at radius 1 is 1.04 bits per heavy atom. The maximum atomic E-state index is 11.5. The van der Waals surface area contributed by atoms with Gasteiger partial charge in [0.05, 0.1) is 0 Å². The Morgan fingerprint density at radius 3 is 2.20 bits per heavy atom. The van der Waals surface area contributed by atoms with E-state index in [0.717, 1.165) is 24.2 Å². The van der Waals surface area contributed by atoms with E-state index in [1.807, 2.05) is 6.92 Å². The van der Waals surface area contributed by atoms with Crippen LogP contribution in [-0.4, -0.2) is 19.2 Å². The molecule has 146 valence electrons. The quantitative estimate of drug-likeness (QED) is 0.412. The molecular formula is C22H42O2Si. The van der Waals surface area contributed by atoms with E-state index in [4.69, 9.17) is 4.43 Å². The van der Waals surface area contributed by atoms with Crippen LogP contribution in [-0.2, 0) is 4.43 Å². The second-order valence-electron chi connectivity index (χ2n) is 10.8. The molecule has 2 nitrogen and oxygen atoms in total. The lowest BCUT2D eigenvalue weighted by atomic mass is 9.68. The summed E-state index contributed by atoms with van der Waals surface area (Å²) >= 11 is 0. The van der Waals surface area contributed by atoms with Crippen LogP contribution in [0.5, 0.6) is 0 Å². The van der Waals surface area contributed by atoms with Gasteiger partial charge in [-0.1, -0.05) is 48.0 Å². The minimum Gasteiger partial charge on any atom is -0.389 e. The van der Waals surface area contributed by atoms with Gasteiger partial charge in [0.1, 0.15) is 0 Å². The van der Waals surface area contributed by atoms with Gasteiger partial charge in [-0.25, -0.2) is 0 Å². The first-order valence-electron chi connectivity index (χ1n) is 11.0. The SMILES string of the molecule is CC(C)[Si](OC(C)(O)CC12CCC(C1)C1CCCC12)(C(C)C)C(C)C. The van der Waals surface area contributed by atoms with Gasteiger partial charge in [-0.2, -0.15) is 0 Å². The zero-order valence-corrected chi connectivity index (χ0v) is 18.8. The molecule has 0 saturated heterocycles. The van der Waals surface area contributed by atoms with Crippen molar-refractivity contribution < 1.29 is 9.53 Å². The molecular weight excluding hydrogens is 324 g/mol. The molecule has 0 aliphatic heterocycles. The van der Waals surface area contributed by atoms with Gasteiger partial charge in [-0.05, 0) is 78.8 Å². The maximum absolute atomic E-state index is 11.5. The van der Waals surface area contributed by atoms with Gasteiger partial charge in [0.25, 0.3) is 0 Å².